The zero-order valence-corrected chi connectivity index (χ0v) is 16.2. The molecule has 0 radical (unpaired) electrons. The minimum Gasteiger partial charge on any atom is -0.497 e. The van der Waals surface area contributed by atoms with Gasteiger partial charge in [-0.1, -0.05) is 32.4 Å². The lowest BCUT2D eigenvalue weighted by Gasteiger charge is -2.35. The highest BCUT2D eigenvalue weighted by Gasteiger charge is 2.22. The van der Waals surface area contributed by atoms with E-state index in [4.69, 9.17) is 4.74 Å². The average Bonchev–Trinajstić information content (AvgIpc) is 2.65. The van der Waals surface area contributed by atoms with Gasteiger partial charge in [0.15, 0.2) is 5.96 Å². The molecule has 0 spiro atoms. The third-order valence-electron chi connectivity index (χ3n) is 4.70. The molecule has 0 saturated carbocycles. The van der Waals surface area contributed by atoms with Crippen LogP contribution in [0.3, 0.4) is 0 Å². The summed E-state index contributed by atoms with van der Waals surface area (Å²) in [6, 6.07) is 8.83. The Kier molecular flexibility index (Phi) is 8.06. The zero-order chi connectivity index (χ0) is 18.1. The molecule has 2 N–H and O–H groups in total. The number of rotatable bonds is 7. The lowest BCUT2D eigenvalue weighted by atomic mass is 10.0. The Hall–Kier alpha value is -1.75. The highest BCUT2D eigenvalue weighted by Crippen LogP contribution is 2.25. The summed E-state index contributed by atoms with van der Waals surface area (Å²) < 4.78 is 5.31. The summed E-state index contributed by atoms with van der Waals surface area (Å²) in [6.07, 6.45) is 3.91. The second kappa shape index (κ2) is 10.3. The van der Waals surface area contributed by atoms with Crippen LogP contribution in [0.25, 0.3) is 0 Å². The van der Waals surface area contributed by atoms with Gasteiger partial charge in [-0.05, 0) is 49.5 Å². The van der Waals surface area contributed by atoms with Crippen molar-refractivity contribution in [3.05, 3.63) is 29.8 Å². The van der Waals surface area contributed by atoms with Crippen LogP contribution in [-0.2, 0) is 0 Å². The second-order valence-corrected chi connectivity index (χ2v) is 7.11. The SMILES string of the molecule is CN=C(NCC(C)C)NCC(c1ccc(OC)cc1)N1CCCCC1. The molecule has 1 aliphatic rings. The van der Waals surface area contributed by atoms with Gasteiger partial charge >= 0.3 is 0 Å². The quantitative estimate of drug-likeness (QED) is 0.588. The number of ether oxygens (including phenoxy) is 1. The summed E-state index contributed by atoms with van der Waals surface area (Å²) in [4.78, 5) is 6.95. The van der Waals surface area contributed by atoms with Gasteiger partial charge in [-0.25, -0.2) is 0 Å². The van der Waals surface area contributed by atoms with Crippen LogP contribution in [0, 0.1) is 5.92 Å². The number of hydrogen-bond donors (Lipinski definition) is 2. The van der Waals surface area contributed by atoms with E-state index in [0.717, 1.165) is 37.9 Å². The fourth-order valence-electron chi connectivity index (χ4n) is 3.23. The van der Waals surface area contributed by atoms with Crippen LogP contribution < -0.4 is 15.4 Å². The van der Waals surface area contributed by atoms with Crippen LogP contribution in [0.4, 0.5) is 0 Å². The predicted molar refractivity (Wildman–Crippen MR) is 105 cm³/mol. The first kappa shape index (κ1) is 19.6. The van der Waals surface area contributed by atoms with Crippen LogP contribution in [0.1, 0.15) is 44.7 Å². The molecule has 0 aromatic heterocycles. The van der Waals surface area contributed by atoms with E-state index in [1.165, 1.54) is 24.8 Å². The molecule has 140 valence electrons. The van der Waals surface area contributed by atoms with E-state index in [0.29, 0.717) is 12.0 Å². The number of nitrogens with zero attached hydrogens (tertiary/aromatic N) is 2. The molecule has 0 amide bonds. The van der Waals surface area contributed by atoms with Crippen molar-refractivity contribution in [3.8, 4) is 5.75 Å². The maximum atomic E-state index is 5.31. The summed E-state index contributed by atoms with van der Waals surface area (Å²) in [5.41, 5.74) is 1.33. The number of aliphatic imine (C=N–C) groups is 1. The number of benzene rings is 1. The molecule has 1 aromatic carbocycles. The van der Waals surface area contributed by atoms with Crippen LogP contribution in [0.15, 0.2) is 29.3 Å². The van der Waals surface area contributed by atoms with E-state index in [1.807, 2.05) is 7.05 Å². The van der Waals surface area contributed by atoms with E-state index in [2.05, 4.69) is 58.6 Å². The molecule has 2 rings (SSSR count). The molecule has 5 heteroatoms. The van der Waals surface area contributed by atoms with Gasteiger partial charge in [0.25, 0.3) is 0 Å². The van der Waals surface area contributed by atoms with E-state index in [-0.39, 0.29) is 0 Å². The van der Waals surface area contributed by atoms with Gasteiger partial charge in [0, 0.05) is 20.1 Å². The highest BCUT2D eigenvalue weighted by atomic mass is 16.5. The molecule has 0 bridgehead atoms. The molecule has 0 aliphatic carbocycles. The zero-order valence-electron chi connectivity index (χ0n) is 16.2. The maximum absolute atomic E-state index is 5.31. The molecule has 5 nitrogen and oxygen atoms in total. The topological polar surface area (TPSA) is 48.9 Å². The van der Waals surface area contributed by atoms with Gasteiger partial charge in [0.1, 0.15) is 5.75 Å². The van der Waals surface area contributed by atoms with Gasteiger partial charge in [0.2, 0.25) is 0 Å². The Balaban J connectivity index is 2.05. The van der Waals surface area contributed by atoms with Crippen LogP contribution in [-0.4, -0.2) is 51.2 Å². The molecule has 1 unspecified atom stereocenters. The Morgan fingerprint density at radius 3 is 2.28 bits per heavy atom. The Morgan fingerprint density at radius 1 is 1.08 bits per heavy atom. The Labute approximate surface area is 152 Å². The molecule has 1 saturated heterocycles. The molecule has 1 heterocycles. The van der Waals surface area contributed by atoms with Crippen molar-refractivity contribution in [3.63, 3.8) is 0 Å². The summed E-state index contributed by atoms with van der Waals surface area (Å²) >= 11 is 0. The molecule has 1 atom stereocenters. The predicted octanol–water partition coefficient (Wildman–Crippen LogP) is 3.04. The number of hydrogen-bond acceptors (Lipinski definition) is 3. The first-order valence-electron chi connectivity index (χ1n) is 9.46. The van der Waals surface area contributed by atoms with Crippen LogP contribution >= 0.6 is 0 Å². The average molecular weight is 347 g/mol. The number of likely N-dealkylation sites (tertiary alicyclic amines) is 1. The van der Waals surface area contributed by atoms with Gasteiger partial charge < -0.3 is 15.4 Å². The van der Waals surface area contributed by atoms with Crippen molar-refractivity contribution in [2.24, 2.45) is 10.9 Å². The Bertz CT molecular complexity index is 521. The highest BCUT2D eigenvalue weighted by molar-refractivity contribution is 5.79. The smallest absolute Gasteiger partial charge is 0.191 e. The van der Waals surface area contributed by atoms with Crippen LogP contribution in [0.5, 0.6) is 5.75 Å². The fraction of sp³-hybridized carbons (Fsp3) is 0.650. The second-order valence-electron chi connectivity index (χ2n) is 7.11. The number of piperidine rings is 1. The summed E-state index contributed by atoms with van der Waals surface area (Å²) in [5, 5.41) is 6.91. The standard InChI is InChI=1S/C20H34N4O/c1-16(2)14-22-20(21-3)23-15-19(24-12-6-5-7-13-24)17-8-10-18(25-4)11-9-17/h8-11,16,19H,5-7,12-15H2,1-4H3,(H2,21,22,23). The van der Waals surface area contributed by atoms with E-state index < -0.39 is 0 Å². The number of methoxy groups -OCH3 is 1. The van der Waals surface area contributed by atoms with Gasteiger partial charge in [0.05, 0.1) is 13.2 Å². The van der Waals surface area contributed by atoms with E-state index in [1.54, 1.807) is 7.11 Å². The van der Waals surface area contributed by atoms with Crippen molar-refractivity contribution in [2.75, 3.05) is 40.3 Å². The van der Waals surface area contributed by atoms with Gasteiger partial charge in [-0.3, -0.25) is 9.89 Å². The molecular weight excluding hydrogens is 312 g/mol. The Morgan fingerprint density at radius 2 is 1.72 bits per heavy atom. The van der Waals surface area contributed by atoms with Crippen molar-refractivity contribution in [1.82, 2.24) is 15.5 Å². The lowest BCUT2D eigenvalue weighted by molar-refractivity contribution is 0.164. The van der Waals surface area contributed by atoms with Gasteiger partial charge in [-0.15, -0.1) is 0 Å². The monoisotopic (exact) mass is 346 g/mol. The summed E-state index contributed by atoms with van der Waals surface area (Å²) in [5.74, 6) is 2.38. The molecule has 1 fully saturated rings. The number of nitrogens with one attached hydrogen (secondary N) is 2. The first-order chi connectivity index (χ1) is 12.1. The molecular formula is C20H34N4O. The van der Waals surface area contributed by atoms with Gasteiger partial charge in [-0.2, -0.15) is 0 Å². The third kappa shape index (κ3) is 6.24. The first-order valence-corrected chi connectivity index (χ1v) is 9.46. The van der Waals surface area contributed by atoms with E-state index >= 15 is 0 Å². The van der Waals surface area contributed by atoms with Crippen molar-refractivity contribution >= 4 is 5.96 Å². The maximum Gasteiger partial charge on any atom is 0.191 e. The van der Waals surface area contributed by atoms with Crippen LogP contribution in [0.2, 0.25) is 0 Å². The fourth-order valence-corrected chi connectivity index (χ4v) is 3.23. The lowest BCUT2D eigenvalue weighted by Crippen LogP contribution is -2.45. The van der Waals surface area contributed by atoms with E-state index in [9.17, 15) is 0 Å². The number of guanidine groups is 1. The largest absolute Gasteiger partial charge is 0.497 e. The van der Waals surface area contributed by atoms with Crippen molar-refractivity contribution in [2.45, 2.75) is 39.2 Å². The molecule has 1 aliphatic heterocycles. The van der Waals surface area contributed by atoms with Crippen molar-refractivity contribution in [1.29, 1.82) is 0 Å². The minimum absolute atomic E-state index is 0.351. The minimum atomic E-state index is 0.351. The third-order valence-corrected chi connectivity index (χ3v) is 4.70. The molecule has 1 aromatic rings. The van der Waals surface area contributed by atoms with Crippen molar-refractivity contribution < 1.29 is 4.74 Å². The molecule has 25 heavy (non-hydrogen) atoms. The summed E-state index contributed by atoms with van der Waals surface area (Å²) in [6.45, 7) is 8.51. The normalized spacial score (nSPS) is 17.4. The summed E-state index contributed by atoms with van der Waals surface area (Å²) in [7, 11) is 3.54.